The highest BCUT2D eigenvalue weighted by molar-refractivity contribution is 5.88. The summed E-state index contributed by atoms with van der Waals surface area (Å²) < 4.78 is 5.51. The maximum Gasteiger partial charge on any atom is 0.221 e. The van der Waals surface area contributed by atoms with Crippen LogP contribution in [0.15, 0.2) is 42.5 Å². The van der Waals surface area contributed by atoms with E-state index in [2.05, 4.69) is 22.8 Å². The molecule has 1 amide bonds. The van der Waals surface area contributed by atoms with Gasteiger partial charge in [-0.15, -0.1) is 0 Å². The van der Waals surface area contributed by atoms with E-state index in [1.807, 2.05) is 30.3 Å². The lowest BCUT2D eigenvalue weighted by molar-refractivity contribution is -0.114. The van der Waals surface area contributed by atoms with Gasteiger partial charge >= 0.3 is 0 Å². The molecule has 4 nitrogen and oxygen atoms in total. The van der Waals surface area contributed by atoms with Crippen LogP contribution in [0.5, 0.6) is 5.75 Å². The van der Waals surface area contributed by atoms with Crippen LogP contribution in [-0.2, 0) is 17.8 Å². The molecule has 4 heteroatoms. The fraction of sp³-hybridized carbons (Fsp3) is 0.235. The fourth-order valence-corrected chi connectivity index (χ4v) is 2.43. The van der Waals surface area contributed by atoms with Gasteiger partial charge in [-0.1, -0.05) is 12.1 Å². The molecule has 0 spiro atoms. The van der Waals surface area contributed by atoms with Crippen molar-refractivity contribution in [2.75, 3.05) is 17.2 Å². The van der Waals surface area contributed by atoms with Gasteiger partial charge in [0.1, 0.15) is 5.75 Å². The number of carbonyl (C=O) groups excluding carboxylic acids is 1. The lowest BCUT2D eigenvalue weighted by Crippen LogP contribution is -2.05. The number of fused-ring (bicyclic) bond motifs is 1. The zero-order chi connectivity index (χ0) is 14.7. The van der Waals surface area contributed by atoms with Crippen molar-refractivity contribution in [1.29, 1.82) is 0 Å². The molecular weight excluding hydrogens is 264 g/mol. The van der Waals surface area contributed by atoms with Crippen LogP contribution in [0, 0.1) is 0 Å². The molecule has 0 atom stereocenters. The Hall–Kier alpha value is -2.49. The van der Waals surface area contributed by atoms with Crippen LogP contribution in [-0.4, -0.2) is 12.5 Å². The maximum absolute atomic E-state index is 11.0. The Morgan fingerprint density at radius 2 is 1.90 bits per heavy atom. The summed E-state index contributed by atoms with van der Waals surface area (Å²) in [5.74, 6) is 0.953. The lowest BCUT2D eigenvalue weighted by atomic mass is 10.1. The van der Waals surface area contributed by atoms with E-state index in [1.54, 1.807) is 0 Å². The summed E-state index contributed by atoms with van der Waals surface area (Å²) in [4.78, 5) is 11.0. The molecule has 0 aromatic heterocycles. The minimum atomic E-state index is -0.0592. The molecule has 2 N–H and O–H groups in total. The zero-order valence-corrected chi connectivity index (χ0v) is 12.0. The molecule has 0 saturated carbocycles. The van der Waals surface area contributed by atoms with Crippen molar-refractivity contribution in [3.05, 3.63) is 53.6 Å². The first-order valence-corrected chi connectivity index (χ1v) is 7.07. The molecule has 3 rings (SSSR count). The van der Waals surface area contributed by atoms with Gasteiger partial charge in [-0.3, -0.25) is 4.79 Å². The molecule has 1 aliphatic rings. The van der Waals surface area contributed by atoms with Crippen LogP contribution in [0.2, 0.25) is 0 Å². The van der Waals surface area contributed by atoms with Crippen LogP contribution >= 0.6 is 0 Å². The first kappa shape index (κ1) is 13.5. The zero-order valence-electron chi connectivity index (χ0n) is 12.0. The molecule has 0 unspecified atom stereocenters. The van der Waals surface area contributed by atoms with Gasteiger partial charge in [-0.05, 0) is 41.5 Å². The highest BCUT2D eigenvalue weighted by atomic mass is 16.5. The summed E-state index contributed by atoms with van der Waals surface area (Å²) in [5.41, 5.74) is 4.36. The Morgan fingerprint density at radius 3 is 2.67 bits per heavy atom. The van der Waals surface area contributed by atoms with Gasteiger partial charge in [0, 0.05) is 31.3 Å². The van der Waals surface area contributed by atoms with Crippen molar-refractivity contribution in [2.24, 2.45) is 0 Å². The smallest absolute Gasteiger partial charge is 0.221 e. The summed E-state index contributed by atoms with van der Waals surface area (Å²) in [6.07, 6.45) is 0.995. The number of anilines is 2. The molecule has 0 radical (unpaired) electrons. The second-order valence-corrected chi connectivity index (χ2v) is 5.15. The van der Waals surface area contributed by atoms with Crippen LogP contribution in [0.1, 0.15) is 18.1 Å². The number of hydrogen-bond acceptors (Lipinski definition) is 3. The quantitative estimate of drug-likeness (QED) is 0.905. The van der Waals surface area contributed by atoms with Gasteiger partial charge in [0.05, 0.1) is 6.61 Å². The van der Waals surface area contributed by atoms with E-state index in [0.29, 0.717) is 0 Å². The second-order valence-electron chi connectivity index (χ2n) is 5.15. The summed E-state index contributed by atoms with van der Waals surface area (Å²) in [6, 6.07) is 14.0. The first-order chi connectivity index (χ1) is 10.2. The largest absolute Gasteiger partial charge is 0.493 e. The Kier molecular flexibility index (Phi) is 3.77. The topological polar surface area (TPSA) is 50.4 Å². The Bertz CT molecular complexity index is 650. The van der Waals surface area contributed by atoms with Crippen LogP contribution in [0.3, 0.4) is 0 Å². The number of rotatable bonds is 4. The van der Waals surface area contributed by atoms with Gasteiger partial charge in [-0.2, -0.15) is 0 Å². The minimum Gasteiger partial charge on any atom is -0.493 e. The average Bonchev–Trinajstić information content (AvgIpc) is 2.93. The van der Waals surface area contributed by atoms with E-state index in [9.17, 15) is 4.79 Å². The Labute approximate surface area is 124 Å². The van der Waals surface area contributed by atoms with Crippen molar-refractivity contribution in [3.8, 4) is 5.75 Å². The molecular formula is C17H18N2O2. The number of amides is 1. The average molecular weight is 282 g/mol. The second kappa shape index (κ2) is 5.87. The van der Waals surface area contributed by atoms with E-state index in [-0.39, 0.29) is 5.91 Å². The van der Waals surface area contributed by atoms with Crippen molar-refractivity contribution >= 4 is 17.3 Å². The standard InChI is InChI=1S/C17H18N2O2/c1-12(20)19-16-5-3-15(4-6-16)18-11-13-2-7-17-14(10-13)8-9-21-17/h2-7,10,18H,8-9,11H2,1H3,(H,19,20). The predicted molar refractivity (Wildman–Crippen MR) is 83.7 cm³/mol. The molecule has 1 aliphatic heterocycles. The number of ether oxygens (including phenoxy) is 1. The summed E-state index contributed by atoms with van der Waals surface area (Å²) in [6.45, 7) is 3.06. The van der Waals surface area contributed by atoms with E-state index in [0.717, 1.165) is 36.7 Å². The highest BCUT2D eigenvalue weighted by Gasteiger charge is 2.11. The summed E-state index contributed by atoms with van der Waals surface area (Å²) in [7, 11) is 0. The van der Waals surface area contributed by atoms with Crippen LogP contribution in [0.4, 0.5) is 11.4 Å². The fourth-order valence-electron chi connectivity index (χ4n) is 2.43. The Balaban J connectivity index is 1.61. The van der Waals surface area contributed by atoms with Gasteiger partial charge in [0.15, 0.2) is 0 Å². The number of hydrogen-bond donors (Lipinski definition) is 2. The third kappa shape index (κ3) is 3.34. The molecule has 0 aliphatic carbocycles. The van der Waals surface area contributed by atoms with Gasteiger partial charge in [0.2, 0.25) is 5.91 Å². The van der Waals surface area contributed by atoms with E-state index in [1.165, 1.54) is 18.1 Å². The maximum atomic E-state index is 11.0. The van der Waals surface area contributed by atoms with Crippen LogP contribution in [0.25, 0.3) is 0 Å². The third-order valence-corrected chi connectivity index (χ3v) is 3.46. The molecule has 21 heavy (non-hydrogen) atoms. The monoisotopic (exact) mass is 282 g/mol. The summed E-state index contributed by atoms with van der Waals surface area (Å²) in [5, 5.41) is 6.13. The van der Waals surface area contributed by atoms with E-state index >= 15 is 0 Å². The molecule has 0 fully saturated rings. The van der Waals surface area contributed by atoms with Crippen molar-refractivity contribution in [3.63, 3.8) is 0 Å². The summed E-state index contributed by atoms with van der Waals surface area (Å²) >= 11 is 0. The molecule has 2 aromatic rings. The van der Waals surface area contributed by atoms with Gasteiger partial charge in [0.25, 0.3) is 0 Å². The molecule has 0 saturated heterocycles. The Morgan fingerprint density at radius 1 is 1.14 bits per heavy atom. The molecule has 2 aromatic carbocycles. The lowest BCUT2D eigenvalue weighted by Gasteiger charge is -2.09. The van der Waals surface area contributed by atoms with Crippen molar-refractivity contribution in [1.82, 2.24) is 0 Å². The van der Waals surface area contributed by atoms with E-state index < -0.39 is 0 Å². The molecule has 1 heterocycles. The minimum absolute atomic E-state index is 0.0592. The normalized spacial score (nSPS) is 12.4. The van der Waals surface area contributed by atoms with Crippen LogP contribution < -0.4 is 15.4 Å². The van der Waals surface area contributed by atoms with Crippen molar-refractivity contribution < 1.29 is 9.53 Å². The first-order valence-electron chi connectivity index (χ1n) is 7.07. The number of benzene rings is 2. The number of carbonyl (C=O) groups is 1. The van der Waals surface area contributed by atoms with Gasteiger partial charge in [-0.25, -0.2) is 0 Å². The SMILES string of the molecule is CC(=O)Nc1ccc(NCc2ccc3c(c2)CCO3)cc1. The third-order valence-electron chi connectivity index (χ3n) is 3.46. The van der Waals surface area contributed by atoms with E-state index in [4.69, 9.17) is 4.74 Å². The van der Waals surface area contributed by atoms with Crippen molar-refractivity contribution in [2.45, 2.75) is 19.9 Å². The molecule has 108 valence electrons. The highest BCUT2D eigenvalue weighted by Crippen LogP contribution is 2.26. The molecule has 0 bridgehead atoms. The number of nitrogens with one attached hydrogen (secondary N) is 2. The van der Waals surface area contributed by atoms with Gasteiger partial charge < -0.3 is 15.4 Å². The predicted octanol–water partition coefficient (Wildman–Crippen LogP) is 3.19.